The average Bonchev–Trinajstić information content (AvgIpc) is 3.56. The quantitative estimate of drug-likeness (QED) is 0.218. The van der Waals surface area contributed by atoms with Gasteiger partial charge in [0, 0.05) is 31.7 Å². The minimum absolute atomic E-state index is 0.0238. The summed E-state index contributed by atoms with van der Waals surface area (Å²) in [5, 5.41) is 8.26. The molecule has 1 saturated heterocycles. The van der Waals surface area contributed by atoms with Gasteiger partial charge in [0.15, 0.2) is 0 Å². The first-order valence-electron chi connectivity index (χ1n) is 15.5. The van der Waals surface area contributed by atoms with Gasteiger partial charge in [-0.25, -0.2) is 17.9 Å². The Morgan fingerprint density at radius 2 is 1.50 bits per heavy atom. The fraction of sp³-hybridized carbons (Fsp3) is 0.278. The van der Waals surface area contributed by atoms with E-state index in [9.17, 15) is 22.4 Å². The molecule has 0 spiro atoms. The van der Waals surface area contributed by atoms with Crippen molar-refractivity contribution >= 4 is 21.8 Å². The molecule has 3 N–H and O–H groups in total. The summed E-state index contributed by atoms with van der Waals surface area (Å²) in [6.07, 6.45) is 2.95. The van der Waals surface area contributed by atoms with Crippen LogP contribution in [0.25, 0.3) is 11.1 Å². The second-order valence-electron chi connectivity index (χ2n) is 11.6. The highest BCUT2D eigenvalue weighted by Gasteiger charge is 2.17. The normalized spacial score (nSPS) is 13.4. The summed E-state index contributed by atoms with van der Waals surface area (Å²) in [5.41, 5.74) is 4.72. The van der Waals surface area contributed by atoms with Crippen molar-refractivity contribution in [2.75, 3.05) is 32.7 Å². The number of nitrogens with zero attached hydrogens (tertiary/aromatic N) is 2. The minimum Gasteiger partial charge on any atom is -0.351 e. The molecule has 1 aliphatic rings. The van der Waals surface area contributed by atoms with Crippen LogP contribution in [0.4, 0.5) is 4.39 Å². The zero-order valence-electron chi connectivity index (χ0n) is 25.7. The highest BCUT2D eigenvalue weighted by Crippen LogP contribution is 2.23. The Bertz CT molecular complexity index is 1770. The molecule has 5 rings (SSSR count). The smallest absolute Gasteiger partial charge is 0.251 e. The molecule has 4 aromatic rings. The largest absolute Gasteiger partial charge is 0.351 e. The van der Waals surface area contributed by atoms with Crippen LogP contribution in [-0.2, 0) is 34.2 Å². The first kappa shape index (κ1) is 33.0. The van der Waals surface area contributed by atoms with E-state index < -0.39 is 15.8 Å². The topological polar surface area (TPSA) is 113 Å². The van der Waals surface area contributed by atoms with Gasteiger partial charge in [-0.05, 0) is 103 Å². The van der Waals surface area contributed by atoms with Gasteiger partial charge in [-0.2, -0.15) is 0 Å². The lowest BCUT2D eigenvalue weighted by Gasteiger charge is -2.24. The highest BCUT2D eigenvalue weighted by atomic mass is 32.2. The molecule has 46 heavy (non-hydrogen) atoms. The molecule has 10 heteroatoms. The number of nitrogens with one attached hydrogen (secondary N) is 1. The number of amides is 2. The zero-order valence-corrected chi connectivity index (χ0v) is 26.5. The Balaban J connectivity index is 1.30. The van der Waals surface area contributed by atoms with Crippen LogP contribution < -0.4 is 10.5 Å². The van der Waals surface area contributed by atoms with Gasteiger partial charge in [0.05, 0.1) is 11.3 Å². The van der Waals surface area contributed by atoms with E-state index in [0.717, 1.165) is 41.9 Å². The summed E-state index contributed by atoms with van der Waals surface area (Å²) < 4.78 is 37.1. The van der Waals surface area contributed by atoms with Crippen LogP contribution in [0.1, 0.15) is 39.9 Å². The lowest BCUT2D eigenvalue weighted by Crippen LogP contribution is -2.33. The minimum atomic E-state index is -3.80. The van der Waals surface area contributed by atoms with Crippen molar-refractivity contribution in [2.45, 2.75) is 37.1 Å². The third kappa shape index (κ3) is 9.32. The van der Waals surface area contributed by atoms with Gasteiger partial charge >= 0.3 is 0 Å². The number of sulfonamides is 1. The second-order valence-corrected chi connectivity index (χ2v) is 13.2. The lowest BCUT2D eigenvalue weighted by atomic mass is 10.0. The van der Waals surface area contributed by atoms with Gasteiger partial charge < -0.3 is 15.1 Å². The molecule has 0 aliphatic carbocycles. The van der Waals surface area contributed by atoms with Gasteiger partial charge in [-0.15, -0.1) is 0 Å². The molecular weight excluding hydrogens is 603 g/mol. The molecule has 1 heterocycles. The Morgan fingerprint density at radius 1 is 0.826 bits per heavy atom. The lowest BCUT2D eigenvalue weighted by molar-refractivity contribution is -0.131. The van der Waals surface area contributed by atoms with Gasteiger partial charge in [0.2, 0.25) is 15.9 Å². The molecule has 4 aromatic carbocycles. The summed E-state index contributed by atoms with van der Waals surface area (Å²) >= 11 is 0. The van der Waals surface area contributed by atoms with Crippen LogP contribution in [0.5, 0.6) is 0 Å². The number of carbonyl (C=O) groups is 2. The van der Waals surface area contributed by atoms with Crippen LogP contribution in [0, 0.1) is 5.82 Å². The second kappa shape index (κ2) is 15.3. The molecule has 0 unspecified atom stereocenters. The SMILES string of the molecule is NS(=O)(=O)c1ccc(CCN(Cc2cccc(-c3cccc(C(=O)NCCN4CCCC4)c3)c2)C(=O)Cc2cccc(F)c2)cc1. The predicted octanol–water partition coefficient (Wildman–Crippen LogP) is 4.78. The van der Waals surface area contributed by atoms with E-state index >= 15 is 0 Å². The van der Waals surface area contributed by atoms with Gasteiger partial charge in [-0.3, -0.25) is 9.59 Å². The van der Waals surface area contributed by atoms with E-state index in [-0.39, 0.29) is 23.1 Å². The molecule has 1 aliphatic heterocycles. The van der Waals surface area contributed by atoms with Gasteiger partial charge in [-0.1, -0.05) is 54.6 Å². The Labute approximate surface area is 270 Å². The van der Waals surface area contributed by atoms with Crippen molar-refractivity contribution in [1.82, 2.24) is 15.1 Å². The van der Waals surface area contributed by atoms with E-state index in [2.05, 4.69) is 10.2 Å². The predicted molar refractivity (Wildman–Crippen MR) is 177 cm³/mol. The van der Waals surface area contributed by atoms with E-state index in [1.165, 1.54) is 37.1 Å². The van der Waals surface area contributed by atoms with Crippen LogP contribution in [0.3, 0.4) is 0 Å². The summed E-state index contributed by atoms with van der Waals surface area (Å²) in [6.45, 7) is 4.30. The van der Waals surface area contributed by atoms with Crippen molar-refractivity contribution in [1.29, 1.82) is 0 Å². The molecule has 0 saturated carbocycles. The molecule has 0 bridgehead atoms. The molecule has 8 nitrogen and oxygen atoms in total. The van der Waals surface area contributed by atoms with Crippen molar-refractivity contribution in [2.24, 2.45) is 5.14 Å². The zero-order chi connectivity index (χ0) is 32.5. The third-order valence-electron chi connectivity index (χ3n) is 8.19. The summed E-state index contributed by atoms with van der Waals surface area (Å²) in [4.78, 5) is 30.5. The average molecular weight is 643 g/mol. The number of rotatable bonds is 13. The van der Waals surface area contributed by atoms with Crippen LogP contribution >= 0.6 is 0 Å². The molecule has 240 valence electrons. The highest BCUT2D eigenvalue weighted by molar-refractivity contribution is 7.89. The number of hydrogen-bond donors (Lipinski definition) is 2. The molecule has 0 aromatic heterocycles. The number of benzene rings is 4. The van der Waals surface area contributed by atoms with Crippen LogP contribution in [0.15, 0.2) is 102 Å². The summed E-state index contributed by atoms with van der Waals surface area (Å²) in [6, 6.07) is 27.6. The first-order valence-corrected chi connectivity index (χ1v) is 17.0. The molecule has 2 amide bonds. The molecule has 0 atom stereocenters. The Kier molecular flexibility index (Phi) is 11.0. The Morgan fingerprint density at radius 3 is 2.22 bits per heavy atom. The van der Waals surface area contributed by atoms with Crippen LogP contribution in [0.2, 0.25) is 0 Å². The van der Waals surface area contributed by atoms with Gasteiger partial charge in [0.1, 0.15) is 5.82 Å². The van der Waals surface area contributed by atoms with E-state index in [0.29, 0.717) is 37.2 Å². The van der Waals surface area contributed by atoms with Crippen molar-refractivity contribution in [3.05, 3.63) is 125 Å². The van der Waals surface area contributed by atoms with Gasteiger partial charge in [0.25, 0.3) is 5.91 Å². The number of halogens is 1. The standard InChI is InChI=1S/C36H39FN4O4S/c37-33-11-4-6-28(23-33)24-35(42)41(20-16-27-12-14-34(15-13-27)46(38,44)45)26-29-7-3-8-30(22-29)31-9-5-10-32(25-31)36(43)39-17-21-40-18-1-2-19-40/h3-15,22-23,25H,1-2,16-21,24,26H2,(H,39,43)(H2,38,44,45). The van der Waals surface area contributed by atoms with Crippen molar-refractivity contribution in [3.8, 4) is 11.1 Å². The van der Waals surface area contributed by atoms with E-state index in [1.54, 1.807) is 35.2 Å². The van der Waals surface area contributed by atoms with Crippen molar-refractivity contribution in [3.63, 3.8) is 0 Å². The maximum Gasteiger partial charge on any atom is 0.251 e. The first-order chi connectivity index (χ1) is 22.1. The van der Waals surface area contributed by atoms with E-state index in [4.69, 9.17) is 5.14 Å². The van der Waals surface area contributed by atoms with Crippen molar-refractivity contribution < 1.29 is 22.4 Å². The third-order valence-corrected chi connectivity index (χ3v) is 9.12. The maximum absolute atomic E-state index is 13.9. The summed E-state index contributed by atoms with van der Waals surface area (Å²) in [5.74, 6) is -0.671. The Hall–Kier alpha value is -4.38. The maximum atomic E-state index is 13.9. The molecule has 1 fully saturated rings. The number of carbonyl (C=O) groups excluding carboxylic acids is 2. The fourth-order valence-electron chi connectivity index (χ4n) is 5.68. The molecule has 0 radical (unpaired) electrons. The van der Waals surface area contributed by atoms with Crippen LogP contribution in [-0.4, -0.2) is 62.8 Å². The number of primary sulfonamides is 1. The number of nitrogens with two attached hydrogens (primary N) is 1. The fourth-order valence-corrected chi connectivity index (χ4v) is 6.20. The number of hydrogen-bond acceptors (Lipinski definition) is 5. The molecular formula is C36H39FN4O4S. The monoisotopic (exact) mass is 642 g/mol. The summed E-state index contributed by atoms with van der Waals surface area (Å²) in [7, 11) is -3.80. The van der Waals surface area contributed by atoms with E-state index in [1.807, 2.05) is 42.5 Å². The number of likely N-dealkylation sites (tertiary alicyclic amines) is 1.